The fourth-order valence-electron chi connectivity index (χ4n) is 4.96. The molecule has 0 radical (unpaired) electrons. The molecular formula is C27H32ClN5O2. The third kappa shape index (κ3) is 6.03. The summed E-state index contributed by atoms with van der Waals surface area (Å²) in [4.78, 5) is 21.9. The van der Waals surface area contributed by atoms with Crippen LogP contribution in [-0.4, -0.2) is 53.7 Å². The highest BCUT2D eigenvalue weighted by atomic mass is 35.5. The van der Waals surface area contributed by atoms with Gasteiger partial charge in [0, 0.05) is 49.2 Å². The monoisotopic (exact) mass is 493 g/mol. The van der Waals surface area contributed by atoms with E-state index in [4.69, 9.17) is 16.1 Å². The molecule has 0 aliphatic carbocycles. The van der Waals surface area contributed by atoms with Crippen molar-refractivity contribution in [1.29, 1.82) is 0 Å². The standard InChI is InChI=1S/C27H32ClN5O2/c1-19-2-4-20(5-3-19)17-32-13-10-21(18-32)16-29-26(34)23-11-14-33(15-12-23)27-30-25(31-35-27)22-6-8-24(28)9-7-22/h2-9,21,23H,10-18H2,1H3,(H,29,34)/t21-/m1/s1. The maximum atomic E-state index is 12.8. The fourth-order valence-corrected chi connectivity index (χ4v) is 5.08. The Bertz CT molecular complexity index is 1120. The Balaban J connectivity index is 1.05. The van der Waals surface area contributed by atoms with Crippen molar-refractivity contribution in [3.8, 4) is 11.4 Å². The summed E-state index contributed by atoms with van der Waals surface area (Å²) in [6, 6.07) is 16.6. The molecule has 0 bridgehead atoms. The minimum atomic E-state index is 0.0370. The van der Waals surface area contributed by atoms with E-state index >= 15 is 0 Å². The molecule has 1 atom stereocenters. The molecular weight excluding hydrogens is 462 g/mol. The molecule has 7 nitrogen and oxygen atoms in total. The average Bonchev–Trinajstić information content (AvgIpc) is 3.55. The Kier molecular flexibility index (Phi) is 7.35. The third-order valence-corrected chi connectivity index (χ3v) is 7.37. The molecule has 2 fully saturated rings. The van der Waals surface area contributed by atoms with Gasteiger partial charge in [0.05, 0.1) is 0 Å². The van der Waals surface area contributed by atoms with E-state index in [-0.39, 0.29) is 11.8 Å². The number of likely N-dealkylation sites (tertiary alicyclic amines) is 1. The van der Waals surface area contributed by atoms with E-state index in [1.54, 1.807) is 0 Å². The van der Waals surface area contributed by atoms with E-state index in [1.165, 1.54) is 11.1 Å². The van der Waals surface area contributed by atoms with E-state index in [2.05, 4.69) is 56.4 Å². The zero-order valence-corrected chi connectivity index (χ0v) is 20.9. The van der Waals surface area contributed by atoms with Crippen molar-refractivity contribution in [3.05, 3.63) is 64.7 Å². The molecule has 0 spiro atoms. The molecule has 2 aliphatic rings. The van der Waals surface area contributed by atoms with Crippen molar-refractivity contribution in [2.24, 2.45) is 11.8 Å². The predicted octanol–water partition coefficient (Wildman–Crippen LogP) is 4.55. The van der Waals surface area contributed by atoms with Crippen LogP contribution in [0.2, 0.25) is 5.02 Å². The molecule has 8 heteroatoms. The highest BCUT2D eigenvalue weighted by Gasteiger charge is 2.29. The summed E-state index contributed by atoms with van der Waals surface area (Å²) in [7, 11) is 0. The first-order valence-corrected chi connectivity index (χ1v) is 12.8. The Morgan fingerprint density at radius 3 is 2.54 bits per heavy atom. The van der Waals surface area contributed by atoms with Gasteiger partial charge in [0.2, 0.25) is 11.7 Å². The molecule has 0 saturated carbocycles. The summed E-state index contributed by atoms with van der Waals surface area (Å²) in [6.45, 7) is 7.46. The minimum absolute atomic E-state index is 0.0370. The summed E-state index contributed by atoms with van der Waals surface area (Å²) in [6.07, 6.45) is 2.71. The van der Waals surface area contributed by atoms with Crippen LogP contribution in [0.1, 0.15) is 30.4 Å². The SMILES string of the molecule is Cc1ccc(CN2CC[C@H](CNC(=O)C3CCN(c4nc(-c5ccc(Cl)cc5)no4)CC3)C2)cc1. The van der Waals surface area contributed by atoms with Crippen LogP contribution < -0.4 is 10.2 Å². The third-order valence-electron chi connectivity index (χ3n) is 7.12. The minimum Gasteiger partial charge on any atom is -0.356 e. The molecule has 2 aliphatic heterocycles. The fraction of sp³-hybridized carbons (Fsp3) is 0.444. The van der Waals surface area contributed by atoms with Crippen LogP contribution >= 0.6 is 11.6 Å². The highest BCUT2D eigenvalue weighted by Crippen LogP contribution is 2.26. The number of benzene rings is 2. The topological polar surface area (TPSA) is 74.5 Å². The van der Waals surface area contributed by atoms with Crippen molar-refractivity contribution in [3.63, 3.8) is 0 Å². The van der Waals surface area contributed by atoms with Gasteiger partial charge >= 0.3 is 6.01 Å². The number of carbonyl (C=O) groups is 1. The first kappa shape index (κ1) is 23.8. The molecule has 184 valence electrons. The number of carbonyl (C=O) groups excluding carboxylic acids is 1. The average molecular weight is 494 g/mol. The second-order valence-corrected chi connectivity index (χ2v) is 10.2. The van der Waals surface area contributed by atoms with E-state index in [9.17, 15) is 4.79 Å². The summed E-state index contributed by atoms with van der Waals surface area (Å²) >= 11 is 5.96. The molecule has 0 unspecified atom stereocenters. The second kappa shape index (κ2) is 10.8. The quantitative estimate of drug-likeness (QED) is 0.520. The van der Waals surface area contributed by atoms with Gasteiger partial charge in [-0.05, 0) is 68.5 Å². The lowest BCUT2D eigenvalue weighted by Crippen LogP contribution is -2.42. The Morgan fingerprint density at radius 2 is 1.80 bits per heavy atom. The first-order valence-electron chi connectivity index (χ1n) is 12.4. The number of rotatable bonds is 7. The number of hydrogen-bond acceptors (Lipinski definition) is 6. The lowest BCUT2D eigenvalue weighted by molar-refractivity contribution is -0.125. The van der Waals surface area contributed by atoms with Gasteiger partial charge in [-0.2, -0.15) is 4.98 Å². The van der Waals surface area contributed by atoms with E-state index in [0.29, 0.717) is 22.8 Å². The number of aryl methyl sites for hydroxylation is 1. The van der Waals surface area contributed by atoms with E-state index < -0.39 is 0 Å². The number of nitrogens with zero attached hydrogens (tertiary/aromatic N) is 4. The van der Waals surface area contributed by atoms with Gasteiger partial charge in [0.15, 0.2) is 0 Å². The van der Waals surface area contributed by atoms with Gasteiger partial charge in [-0.1, -0.05) is 46.6 Å². The summed E-state index contributed by atoms with van der Waals surface area (Å²) in [5.41, 5.74) is 3.51. The zero-order valence-electron chi connectivity index (χ0n) is 20.1. The molecule has 5 rings (SSSR count). The highest BCUT2D eigenvalue weighted by molar-refractivity contribution is 6.30. The number of aromatic nitrogens is 2. The van der Waals surface area contributed by atoms with Gasteiger partial charge < -0.3 is 14.7 Å². The molecule has 1 amide bonds. The molecule has 1 aromatic heterocycles. The largest absolute Gasteiger partial charge is 0.356 e. The summed E-state index contributed by atoms with van der Waals surface area (Å²) in [5, 5.41) is 8.00. The Hall–Kier alpha value is -2.90. The van der Waals surface area contributed by atoms with Gasteiger partial charge in [-0.3, -0.25) is 9.69 Å². The van der Waals surface area contributed by atoms with Crippen molar-refractivity contribution in [1.82, 2.24) is 20.4 Å². The molecule has 2 aromatic carbocycles. The second-order valence-electron chi connectivity index (χ2n) is 9.79. The van der Waals surface area contributed by atoms with E-state index in [1.807, 2.05) is 24.3 Å². The molecule has 3 aromatic rings. The Morgan fingerprint density at radius 1 is 1.06 bits per heavy atom. The molecule has 35 heavy (non-hydrogen) atoms. The number of anilines is 1. The number of hydrogen-bond donors (Lipinski definition) is 1. The van der Waals surface area contributed by atoms with Crippen LogP contribution in [-0.2, 0) is 11.3 Å². The van der Waals surface area contributed by atoms with Crippen molar-refractivity contribution in [2.75, 3.05) is 37.6 Å². The molecule has 3 heterocycles. The number of nitrogens with one attached hydrogen (secondary N) is 1. The Labute approximate surface area is 211 Å². The number of halogens is 1. The van der Waals surface area contributed by atoms with Gasteiger partial charge in [0.1, 0.15) is 0 Å². The van der Waals surface area contributed by atoms with Crippen molar-refractivity contribution < 1.29 is 9.32 Å². The number of piperidine rings is 1. The van der Waals surface area contributed by atoms with Crippen LogP contribution in [0.5, 0.6) is 0 Å². The van der Waals surface area contributed by atoms with Gasteiger partial charge in [-0.15, -0.1) is 0 Å². The predicted molar refractivity (Wildman–Crippen MR) is 137 cm³/mol. The smallest absolute Gasteiger partial charge is 0.324 e. The summed E-state index contributed by atoms with van der Waals surface area (Å²) in [5.74, 6) is 1.28. The van der Waals surface area contributed by atoms with Gasteiger partial charge in [0.25, 0.3) is 0 Å². The van der Waals surface area contributed by atoms with Gasteiger partial charge in [-0.25, -0.2) is 0 Å². The van der Waals surface area contributed by atoms with Crippen LogP contribution in [0.3, 0.4) is 0 Å². The van der Waals surface area contributed by atoms with E-state index in [0.717, 1.165) is 64.1 Å². The normalized spacial score (nSPS) is 19.3. The maximum absolute atomic E-state index is 12.8. The van der Waals surface area contributed by atoms with Crippen LogP contribution in [0.4, 0.5) is 6.01 Å². The van der Waals surface area contributed by atoms with Crippen LogP contribution in [0.25, 0.3) is 11.4 Å². The zero-order chi connectivity index (χ0) is 24.2. The van der Waals surface area contributed by atoms with Crippen LogP contribution in [0.15, 0.2) is 53.1 Å². The number of amides is 1. The van der Waals surface area contributed by atoms with Crippen LogP contribution in [0, 0.1) is 18.8 Å². The summed E-state index contributed by atoms with van der Waals surface area (Å²) < 4.78 is 5.48. The van der Waals surface area contributed by atoms with Crippen molar-refractivity contribution >= 4 is 23.5 Å². The first-order chi connectivity index (χ1) is 17.0. The lowest BCUT2D eigenvalue weighted by Gasteiger charge is -2.30. The molecule has 2 saturated heterocycles. The lowest BCUT2D eigenvalue weighted by atomic mass is 9.96. The maximum Gasteiger partial charge on any atom is 0.324 e. The molecule has 1 N–H and O–H groups in total. The van der Waals surface area contributed by atoms with Crippen molar-refractivity contribution in [2.45, 2.75) is 32.7 Å².